The van der Waals surface area contributed by atoms with E-state index in [0.29, 0.717) is 11.3 Å². The van der Waals surface area contributed by atoms with E-state index in [0.717, 1.165) is 12.1 Å². The summed E-state index contributed by atoms with van der Waals surface area (Å²) in [5.74, 6) is 0. The molecular formula is C12H18N2S. The van der Waals surface area contributed by atoms with E-state index in [-0.39, 0.29) is 0 Å². The third-order valence-electron chi connectivity index (χ3n) is 2.95. The molecule has 0 saturated heterocycles. The lowest BCUT2D eigenvalue weighted by Gasteiger charge is -2.16. The lowest BCUT2D eigenvalue weighted by molar-refractivity contribution is 0.716. The summed E-state index contributed by atoms with van der Waals surface area (Å²) in [4.78, 5) is 1.19. The maximum atomic E-state index is 6.05. The zero-order valence-electron chi connectivity index (χ0n) is 9.07. The van der Waals surface area contributed by atoms with Crippen LogP contribution in [0.3, 0.4) is 0 Å². The van der Waals surface area contributed by atoms with Crippen molar-refractivity contribution in [2.45, 2.75) is 42.4 Å². The van der Waals surface area contributed by atoms with Crippen LogP contribution in [0.25, 0.3) is 0 Å². The highest BCUT2D eigenvalue weighted by molar-refractivity contribution is 8.00. The summed E-state index contributed by atoms with van der Waals surface area (Å²) >= 11 is 1.85. The Kier molecular flexibility index (Phi) is 3.22. The highest BCUT2D eigenvalue weighted by Crippen LogP contribution is 2.37. The second-order valence-corrected chi connectivity index (χ2v) is 5.57. The first-order valence-corrected chi connectivity index (χ1v) is 6.33. The molecule has 1 aliphatic carbocycles. The first kappa shape index (κ1) is 10.8. The first-order valence-electron chi connectivity index (χ1n) is 5.45. The van der Waals surface area contributed by atoms with Crippen molar-refractivity contribution in [3.05, 3.63) is 23.8 Å². The largest absolute Gasteiger partial charge is 0.398 e. The van der Waals surface area contributed by atoms with Gasteiger partial charge in [-0.2, -0.15) is 0 Å². The molecule has 3 heteroatoms. The molecule has 0 aliphatic heterocycles. The van der Waals surface area contributed by atoms with Gasteiger partial charge in [-0.05, 0) is 37.5 Å². The number of thioether (sulfide) groups is 1. The lowest BCUT2D eigenvalue weighted by atomic mass is 10.2. The highest BCUT2D eigenvalue weighted by atomic mass is 32.2. The van der Waals surface area contributed by atoms with Crippen LogP contribution in [0.4, 0.5) is 5.69 Å². The topological polar surface area (TPSA) is 52.0 Å². The van der Waals surface area contributed by atoms with Crippen molar-refractivity contribution in [2.24, 2.45) is 5.73 Å². The van der Waals surface area contributed by atoms with E-state index in [9.17, 15) is 0 Å². The summed E-state index contributed by atoms with van der Waals surface area (Å²) in [5.41, 5.74) is 14.1. The Bertz CT molecular complexity index is 351. The van der Waals surface area contributed by atoms with Gasteiger partial charge in [0.1, 0.15) is 0 Å². The normalized spacial score (nSPS) is 25.7. The molecular weight excluding hydrogens is 204 g/mol. The standard InChI is InChI=1S/C12H18N2S/c1-8-5-6-10(14)12(7-8)15-11-4-2-3-9(11)13/h5-7,9,11H,2-4,13-14H2,1H3. The van der Waals surface area contributed by atoms with Gasteiger partial charge < -0.3 is 11.5 Å². The van der Waals surface area contributed by atoms with Gasteiger partial charge in [-0.25, -0.2) is 0 Å². The Morgan fingerprint density at radius 1 is 1.33 bits per heavy atom. The van der Waals surface area contributed by atoms with Crippen LogP contribution < -0.4 is 11.5 Å². The number of anilines is 1. The SMILES string of the molecule is Cc1ccc(N)c(SC2CCCC2N)c1. The second kappa shape index (κ2) is 4.45. The van der Waals surface area contributed by atoms with Gasteiger partial charge in [0.05, 0.1) is 0 Å². The first-order chi connectivity index (χ1) is 7.16. The summed E-state index contributed by atoms with van der Waals surface area (Å²) in [7, 11) is 0. The van der Waals surface area contributed by atoms with Crippen LogP contribution in [0.1, 0.15) is 24.8 Å². The van der Waals surface area contributed by atoms with Crippen molar-refractivity contribution in [2.75, 3.05) is 5.73 Å². The third-order valence-corrected chi connectivity index (χ3v) is 4.45. The van der Waals surface area contributed by atoms with E-state index < -0.39 is 0 Å². The van der Waals surface area contributed by atoms with Gasteiger partial charge in [0.15, 0.2) is 0 Å². The van der Waals surface area contributed by atoms with Gasteiger partial charge in [-0.1, -0.05) is 12.5 Å². The van der Waals surface area contributed by atoms with E-state index in [2.05, 4.69) is 13.0 Å². The molecule has 4 N–H and O–H groups in total. The van der Waals surface area contributed by atoms with Gasteiger partial charge in [-0.15, -0.1) is 11.8 Å². The molecule has 0 bridgehead atoms. The van der Waals surface area contributed by atoms with E-state index in [1.807, 2.05) is 23.9 Å². The van der Waals surface area contributed by atoms with E-state index in [1.54, 1.807) is 0 Å². The van der Waals surface area contributed by atoms with Crippen LogP contribution in [0.15, 0.2) is 23.1 Å². The Balaban J connectivity index is 2.12. The van der Waals surface area contributed by atoms with E-state index in [1.165, 1.54) is 23.3 Å². The smallest absolute Gasteiger partial charge is 0.0452 e. The van der Waals surface area contributed by atoms with Crippen molar-refractivity contribution in [1.29, 1.82) is 0 Å². The molecule has 2 rings (SSSR count). The number of hydrogen-bond acceptors (Lipinski definition) is 3. The number of aryl methyl sites for hydroxylation is 1. The number of rotatable bonds is 2. The van der Waals surface area contributed by atoms with Gasteiger partial charge in [0.2, 0.25) is 0 Å². The fraction of sp³-hybridized carbons (Fsp3) is 0.500. The van der Waals surface area contributed by atoms with Crippen molar-refractivity contribution in [3.8, 4) is 0 Å². The highest BCUT2D eigenvalue weighted by Gasteiger charge is 2.25. The average Bonchev–Trinajstić information content (AvgIpc) is 2.58. The van der Waals surface area contributed by atoms with Gasteiger partial charge >= 0.3 is 0 Å². The lowest BCUT2D eigenvalue weighted by Crippen LogP contribution is -2.26. The fourth-order valence-electron chi connectivity index (χ4n) is 2.01. The predicted molar refractivity (Wildman–Crippen MR) is 67.1 cm³/mol. The Labute approximate surface area is 95.4 Å². The van der Waals surface area contributed by atoms with Gasteiger partial charge in [0.25, 0.3) is 0 Å². The van der Waals surface area contributed by atoms with Crippen LogP contribution in [0.2, 0.25) is 0 Å². The molecule has 0 aromatic heterocycles. The Morgan fingerprint density at radius 2 is 2.13 bits per heavy atom. The number of hydrogen-bond donors (Lipinski definition) is 2. The molecule has 0 heterocycles. The van der Waals surface area contributed by atoms with Crippen molar-refractivity contribution in [1.82, 2.24) is 0 Å². The quantitative estimate of drug-likeness (QED) is 0.756. The maximum absolute atomic E-state index is 6.05. The number of nitrogen functional groups attached to an aromatic ring is 1. The monoisotopic (exact) mass is 222 g/mol. The third kappa shape index (κ3) is 2.47. The van der Waals surface area contributed by atoms with Crippen LogP contribution in [0.5, 0.6) is 0 Å². The van der Waals surface area contributed by atoms with Crippen LogP contribution in [0, 0.1) is 6.92 Å². The van der Waals surface area contributed by atoms with Gasteiger partial charge in [-0.3, -0.25) is 0 Å². The molecule has 2 nitrogen and oxygen atoms in total. The molecule has 2 unspecified atom stereocenters. The number of nitrogens with two attached hydrogens (primary N) is 2. The van der Waals surface area contributed by atoms with Crippen LogP contribution in [-0.2, 0) is 0 Å². The summed E-state index contributed by atoms with van der Waals surface area (Å²) in [5, 5.41) is 0.550. The summed E-state index contributed by atoms with van der Waals surface area (Å²) in [6.07, 6.45) is 3.63. The summed E-state index contributed by atoms with van der Waals surface area (Å²) in [6, 6.07) is 6.53. The molecule has 15 heavy (non-hydrogen) atoms. The molecule has 2 atom stereocenters. The molecule has 1 aromatic carbocycles. The molecule has 0 spiro atoms. The van der Waals surface area contributed by atoms with E-state index in [4.69, 9.17) is 11.5 Å². The van der Waals surface area contributed by atoms with Crippen LogP contribution >= 0.6 is 11.8 Å². The predicted octanol–water partition coefficient (Wildman–Crippen LogP) is 2.55. The van der Waals surface area contributed by atoms with Crippen molar-refractivity contribution < 1.29 is 0 Å². The molecule has 1 aliphatic rings. The minimum absolute atomic E-state index is 0.343. The minimum atomic E-state index is 0.343. The Hall–Kier alpha value is -0.670. The molecule has 1 aromatic rings. The molecule has 1 fully saturated rings. The molecule has 0 amide bonds. The van der Waals surface area contributed by atoms with Gasteiger partial charge in [0, 0.05) is 21.9 Å². The average molecular weight is 222 g/mol. The minimum Gasteiger partial charge on any atom is -0.398 e. The van der Waals surface area contributed by atoms with Crippen LogP contribution in [-0.4, -0.2) is 11.3 Å². The summed E-state index contributed by atoms with van der Waals surface area (Å²) < 4.78 is 0. The zero-order valence-corrected chi connectivity index (χ0v) is 9.89. The molecule has 0 radical (unpaired) electrons. The van der Waals surface area contributed by atoms with Crippen molar-refractivity contribution in [3.63, 3.8) is 0 Å². The maximum Gasteiger partial charge on any atom is 0.0452 e. The second-order valence-electron chi connectivity index (χ2n) is 4.29. The Morgan fingerprint density at radius 3 is 2.80 bits per heavy atom. The molecule has 1 saturated carbocycles. The summed E-state index contributed by atoms with van der Waals surface area (Å²) in [6.45, 7) is 2.10. The fourth-order valence-corrected chi connectivity index (χ4v) is 3.39. The number of benzene rings is 1. The van der Waals surface area contributed by atoms with Crippen molar-refractivity contribution >= 4 is 17.4 Å². The molecule has 82 valence electrons. The van der Waals surface area contributed by atoms with E-state index >= 15 is 0 Å². The zero-order chi connectivity index (χ0) is 10.8.